The fraction of sp³-hybridized carbons (Fsp3) is 1.00. The third-order valence-corrected chi connectivity index (χ3v) is 5.27. The van der Waals surface area contributed by atoms with Crippen molar-refractivity contribution < 1.29 is 0 Å². The zero-order chi connectivity index (χ0) is 9.42. The van der Waals surface area contributed by atoms with Crippen LogP contribution in [0.15, 0.2) is 0 Å². The summed E-state index contributed by atoms with van der Waals surface area (Å²) in [4.78, 5) is 0. The summed E-state index contributed by atoms with van der Waals surface area (Å²) in [6.07, 6.45) is 6.47. The standard InChI is InChI=1S/C11H21NS/c1-7-6-10(8(7)2)12-9-4-5-11(9)13-3/h7-12H,4-6H2,1-3H3. The molecule has 2 aliphatic rings. The van der Waals surface area contributed by atoms with Crippen LogP contribution in [0.1, 0.15) is 33.1 Å². The van der Waals surface area contributed by atoms with Gasteiger partial charge in [-0.1, -0.05) is 13.8 Å². The molecule has 0 radical (unpaired) electrons. The van der Waals surface area contributed by atoms with Gasteiger partial charge in [0.25, 0.3) is 0 Å². The Morgan fingerprint density at radius 3 is 2.31 bits per heavy atom. The van der Waals surface area contributed by atoms with Crippen molar-refractivity contribution in [1.82, 2.24) is 5.32 Å². The summed E-state index contributed by atoms with van der Waals surface area (Å²) in [5.74, 6) is 1.86. The van der Waals surface area contributed by atoms with Crippen molar-refractivity contribution >= 4 is 11.8 Å². The Hall–Kier alpha value is 0.310. The van der Waals surface area contributed by atoms with Crippen LogP contribution < -0.4 is 5.32 Å². The van der Waals surface area contributed by atoms with Gasteiger partial charge in [-0.25, -0.2) is 0 Å². The molecule has 0 amide bonds. The Labute approximate surface area is 86.0 Å². The molecule has 2 fully saturated rings. The molecule has 0 aromatic carbocycles. The first-order valence-electron chi connectivity index (χ1n) is 5.51. The Morgan fingerprint density at radius 1 is 1.15 bits per heavy atom. The molecule has 0 heterocycles. The average Bonchev–Trinajstić information content (AvgIpc) is 2.10. The van der Waals surface area contributed by atoms with Gasteiger partial charge in [0, 0.05) is 17.3 Å². The molecule has 0 bridgehead atoms. The van der Waals surface area contributed by atoms with Crippen molar-refractivity contribution in [3.05, 3.63) is 0 Å². The molecule has 0 aromatic rings. The maximum absolute atomic E-state index is 3.81. The molecule has 5 atom stereocenters. The summed E-state index contributed by atoms with van der Waals surface area (Å²) in [6.45, 7) is 4.76. The van der Waals surface area contributed by atoms with Crippen LogP contribution >= 0.6 is 11.8 Å². The molecule has 2 rings (SSSR count). The molecule has 2 heteroatoms. The van der Waals surface area contributed by atoms with Gasteiger partial charge in [0.15, 0.2) is 0 Å². The van der Waals surface area contributed by atoms with Crippen molar-refractivity contribution in [2.24, 2.45) is 11.8 Å². The largest absolute Gasteiger partial charge is 0.310 e. The van der Waals surface area contributed by atoms with Crippen LogP contribution in [-0.2, 0) is 0 Å². The lowest BCUT2D eigenvalue weighted by Gasteiger charge is -2.47. The van der Waals surface area contributed by atoms with E-state index >= 15 is 0 Å². The van der Waals surface area contributed by atoms with Gasteiger partial charge >= 0.3 is 0 Å². The first-order valence-corrected chi connectivity index (χ1v) is 6.80. The van der Waals surface area contributed by atoms with Gasteiger partial charge in [-0.2, -0.15) is 11.8 Å². The van der Waals surface area contributed by atoms with E-state index < -0.39 is 0 Å². The van der Waals surface area contributed by atoms with Crippen LogP contribution in [0.4, 0.5) is 0 Å². The smallest absolute Gasteiger partial charge is 0.0199 e. The van der Waals surface area contributed by atoms with Gasteiger partial charge in [0.05, 0.1) is 0 Å². The zero-order valence-corrected chi connectivity index (χ0v) is 9.73. The summed E-state index contributed by atoms with van der Waals surface area (Å²) in [7, 11) is 0. The van der Waals surface area contributed by atoms with Crippen LogP contribution in [0.2, 0.25) is 0 Å². The molecule has 2 aliphatic carbocycles. The number of hydrogen-bond donors (Lipinski definition) is 1. The monoisotopic (exact) mass is 199 g/mol. The average molecular weight is 199 g/mol. The third-order valence-electron chi connectivity index (χ3n) is 4.10. The second-order valence-electron chi connectivity index (χ2n) is 4.80. The molecular formula is C11H21NS. The van der Waals surface area contributed by atoms with E-state index in [-0.39, 0.29) is 0 Å². The molecule has 0 aromatic heterocycles. The lowest BCUT2D eigenvalue weighted by Crippen LogP contribution is -2.57. The second-order valence-corrected chi connectivity index (χ2v) is 5.88. The van der Waals surface area contributed by atoms with E-state index in [0.29, 0.717) is 0 Å². The fourth-order valence-corrected chi connectivity index (χ4v) is 3.38. The molecular weight excluding hydrogens is 178 g/mol. The van der Waals surface area contributed by atoms with E-state index in [1.807, 2.05) is 11.8 Å². The fourth-order valence-electron chi connectivity index (χ4n) is 2.47. The predicted octanol–water partition coefficient (Wildman–Crippen LogP) is 2.51. The molecule has 1 nitrogen and oxygen atoms in total. The van der Waals surface area contributed by atoms with Crippen LogP contribution in [-0.4, -0.2) is 23.6 Å². The van der Waals surface area contributed by atoms with Crippen molar-refractivity contribution in [2.75, 3.05) is 6.26 Å². The first-order chi connectivity index (χ1) is 6.22. The van der Waals surface area contributed by atoms with Gasteiger partial charge in [-0.05, 0) is 37.4 Å². The molecule has 0 aliphatic heterocycles. The van der Waals surface area contributed by atoms with E-state index in [4.69, 9.17) is 0 Å². The SMILES string of the molecule is CSC1CCC1NC1CC(C)C1C. The maximum atomic E-state index is 3.81. The summed E-state index contributed by atoms with van der Waals surface area (Å²) in [5, 5.41) is 4.72. The van der Waals surface area contributed by atoms with Crippen LogP contribution in [0, 0.1) is 11.8 Å². The van der Waals surface area contributed by atoms with Gasteiger partial charge in [0.2, 0.25) is 0 Å². The van der Waals surface area contributed by atoms with E-state index in [1.165, 1.54) is 19.3 Å². The third kappa shape index (κ3) is 1.75. The van der Waals surface area contributed by atoms with Crippen molar-refractivity contribution in [1.29, 1.82) is 0 Å². The highest BCUT2D eigenvalue weighted by Crippen LogP contribution is 2.37. The minimum absolute atomic E-state index is 0.829. The second kappa shape index (κ2) is 3.82. The van der Waals surface area contributed by atoms with E-state index in [0.717, 1.165) is 29.2 Å². The summed E-state index contributed by atoms with van der Waals surface area (Å²) < 4.78 is 0. The van der Waals surface area contributed by atoms with Gasteiger partial charge < -0.3 is 5.32 Å². The van der Waals surface area contributed by atoms with Crippen LogP contribution in [0.3, 0.4) is 0 Å². The van der Waals surface area contributed by atoms with Crippen molar-refractivity contribution in [3.63, 3.8) is 0 Å². The van der Waals surface area contributed by atoms with Crippen molar-refractivity contribution in [2.45, 2.75) is 50.4 Å². The lowest BCUT2D eigenvalue weighted by atomic mass is 9.70. The highest BCUT2D eigenvalue weighted by molar-refractivity contribution is 7.99. The first kappa shape index (κ1) is 9.85. The zero-order valence-electron chi connectivity index (χ0n) is 8.92. The molecule has 5 unspecified atom stereocenters. The number of hydrogen-bond acceptors (Lipinski definition) is 2. The number of rotatable bonds is 3. The molecule has 2 saturated carbocycles. The van der Waals surface area contributed by atoms with Crippen LogP contribution in [0.25, 0.3) is 0 Å². The highest BCUT2D eigenvalue weighted by Gasteiger charge is 2.39. The summed E-state index contributed by atoms with van der Waals surface area (Å²) in [6, 6.07) is 1.66. The quantitative estimate of drug-likeness (QED) is 0.749. The molecule has 13 heavy (non-hydrogen) atoms. The molecule has 76 valence electrons. The Balaban J connectivity index is 1.73. The van der Waals surface area contributed by atoms with Gasteiger partial charge in [-0.3, -0.25) is 0 Å². The molecule has 0 spiro atoms. The summed E-state index contributed by atoms with van der Waals surface area (Å²) in [5.41, 5.74) is 0. The molecule has 1 N–H and O–H groups in total. The maximum Gasteiger partial charge on any atom is 0.0199 e. The lowest BCUT2D eigenvalue weighted by molar-refractivity contribution is 0.112. The van der Waals surface area contributed by atoms with Crippen molar-refractivity contribution in [3.8, 4) is 0 Å². The Kier molecular flexibility index (Phi) is 2.89. The van der Waals surface area contributed by atoms with Gasteiger partial charge in [0.1, 0.15) is 0 Å². The van der Waals surface area contributed by atoms with E-state index in [1.54, 1.807) is 0 Å². The van der Waals surface area contributed by atoms with E-state index in [9.17, 15) is 0 Å². The Morgan fingerprint density at radius 2 is 1.92 bits per heavy atom. The minimum atomic E-state index is 0.829. The minimum Gasteiger partial charge on any atom is -0.310 e. The number of thioether (sulfide) groups is 1. The van der Waals surface area contributed by atoms with E-state index in [2.05, 4.69) is 25.4 Å². The normalized spacial score (nSPS) is 49.6. The Bertz CT molecular complexity index is 179. The number of nitrogens with one attached hydrogen (secondary N) is 1. The van der Waals surface area contributed by atoms with Gasteiger partial charge in [-0.15, -0.1) is 0 Å². The molecule has 0 saturated heterocycles. The predicted molar refractivity (Wildman–Crippen MR) is 60.2 cm³/mol. The highest BCUT2D eigenvalue weighted by atomic mass is 32.2. The van der Waals surface area contributed by atoms with Crippen LogP contribution in [0.5, 0.6) is 0 Å². The summed E-state index contributed by atoms with van der Waals surface area (Å²) >= 11 is 2.04. The topological polar surface area (TPSA) is 12.0 Å².